The molecule has 0 bridgehead atoms. The predicted molar refractivity (Wildman–Crippen MR) is 101 cm³/mol. The van der Waals surface area contributed by atoms with E-state index in [-0.39, 0.29) is 5.02 Å². The van der Waals surface area contributed by atoms with Gasteiger partial charge in [-0.25, -0.2) is 9.37 Å². The van der Waals surface area contributed by atoms with E-state index in [2.05, 4.69) is 27.2 Å². The molecular formula is C19H16ClFN4. The summed E-state index contributed by atoms with van der Waals surface area (Å²) in [5.74, 6) is 0.577. The summed E-state index contributed by atoms with van der Waals surface area (Å²) in [6.45, 7) is 4.22. The van der Waals surface area contributed by atoms with Gasteiger partial charge in [0, 0.05) is 23.9 Å². The van der Waals surface area contributed by atoms with Crippen LogP contribution in [0.2, 0.25) is 5.02 Å². The molecule has 3 rings (SSSR count). The van der Waals surface area contributed by atoms with Gasteiger partial charge in [0.2, 0.25) is 5.95 Å². The van der Waals surface area contributed by atoms with E-state index in [0.717, 1.165) is 11.3 Å². The first-order chi connectivity index (χ1) is 12.2. The number of nitrogens with zero attached hydrogens (tertiary/aromatic N) is 2. The Kier molecular flexibility index (Phi) is 5.26. The van der Waals surface area contributed by atoms with Crippen LogP contribution in [0, 0.1) is 5.82 Å². The van der Waals surface area contributed by atoms with Gasteiger partial charge >= 0.3 is 0 Å². The average Bonchev–Trinajstić information content (AvgIpc) is 2.63. The molecule has 0 saturated heterocycles. The number of hydrogen-bond acceptors (Lipinski definition) is 4. The van der Waals surface area contributed by atoms with E-state index in [9.17, 15) is 4.39 Å². The molecule has 126 valence electrons. The summed E-state index contributed by atoms with van der Waals surface area (Å²) in [5, 5.41) is 6.26. The van der Waals surface area contributed by atoms with Gasteiger partial charge in [-0.05, 0) is 18.2 Å². The molecule has 0 spiro atoms. The van der Waals surface area contributed by atoms with E-state index in [1.165, 1.54) is 12.1 Å². The minimum Gasteiger partial charge on any atom is -0.351 e. The quantitative estimate of drug-likeness (QED) is 0.591. The Morgan fingerprint density at radius 1 is 1.08 bits per heavy atom. The van der Waals surface area contributed by atoms with Gasteiger partial charge in [-0.15, -0.1) is 6.58 Å². The summed E-state index contributed by atoms with van der Waals surface area (Å²) < 4.78 is 13.3. The lowest BCUT2D eigenvalue weighted by atomic mass is 10.1. The molecule has 2 aromatic carbocycles. The summed E-state index contributed by atoms with van der Waals surface area (Å²) in [5.41, 5.74) is 2.36. The summed E-state index contributed by atoms with van der Waals surface area (Å²) >= 11 is 5.84. The van der Waals surface area contributed by atoms with Crippen molar-refractivity contribution in [1.29, 1.82) is 0 Å². The van der Waals surface area contributed by atoms with Crippen molar-refractivity contribution in [2.24, 2.45) is 0 Å². The lowest BCUT2D eigenvalue weighted by Gasteiger charge is -2.11. The first-order valence-corrected chi connectivity index (χ1v) is 8.05. The number of benzene rings is 2. The van der Waals surface area contributed by atoms with Crippen LogP contribution in [-0.4, -0.2) is 16.5 Å². The van der Waals surface area contributed by atoms with Crippen molar-refractivity contribution in [1.82, 2.24) is 9.97 Å². The Hall–Kier alpha value is -2.92. The van der Waals surface area contributed by atoms with Crippen molar-refractivity contribution in [3.63, 3.8) is 0 Å². The van der Waals surface area contributed by atoms with E-state index in [1.807, 2.05) is 36.4 Å². The molecule has 3 aromatic rings. The van der Waals surface area contributed by atoms with Gasteiger partial charge in [0.05, 0.1) is 10.7 Å². The van der Waals surface area contributed by atoms with Gasteiger partial charge in [0.25, 0.3) is 0 Å². The molecule has 1 aromatic heterocycles. The van der Waals surface area contributed by atoms with Gasteiger partial charge in [-0.1, -0.05) is 48.0 Å². The smallest absolute Gasteiger partial charge is 0.225 e. The molecule has 0 aliphatic rings. The first kappa shape index (κ1) is 16.9. The van der Waals surface area contributed by atoms with E-state index in [0.29, 0.717) is 24.0 Å². The fraction of sp³-hybridized carbons (Fsp3) is 0.0526. The standard InChI is InChI=1S/C19H16ClFN4/c1-2-10-22-19-24-17(13-6-4-3-5-7-13)12-18(25-19)23-14-8-9-16(21)15(20)11-14/h2-9,11-12H,1,10H2,(H2,22,23,24,25). The Balaban J connectivity index is 1.96. The number of halogens is 2. The third-order valence-electron chi connectivity index (χ3n) is 3.39. The summed E-state index contributed by atoms with van der Waals surface area (Å²) in [6.07, 6.45) is 1.73. The first-order valence-electron chi connectivity index (χ1n) is 7.67. The third-order valence-corrected chi connectivity index (χ3v) is 3.68. The van der Waals surface area contributed by atoms with Gasteiger partial charge in [-0.3, -0.25) is 0 Å². The maximum absolute atomic E-state index is 13.3. The fourth-order valence-electron chi connectivity index (χ4n) is 2.23. The highest BCUT2D eigenvalue weighted by Gasteiger charge is 2.08. The van der Waals surface area contributed by atoms with Crippen molar-refractivity contribution in [3.05, 3.63) is 78.1 Å². The molecule has 0 radical (unpaired) electrons. The Bertz CT molecular complexity index is 884. The second-order valence-corrected chi connectivity index (χ2v) is 5.66. The normalized spacial score (nSPS) is 10.3. The molecule has 4 nitrogen and oxygen atoms in total. The number of aromatic nitrogens is 2. The van der Waals surface area contributed by atoms with Crippen LogP contribution in [-0.2, 0) is 0 Å². The Morgan fingerprint density at radius 3 is 2.60 bits per heavy atom. The highest BCUT2D eigenvalue weighted by atomic mass is 35.5. The highest BCUT2D eigenvalue weighted by molar-refractivity contribution is 6.31. The third kappa shape index (κ3) is 4.33. The molecule has 25 heavy (non-hydrogen) atoms. The number of nitrogens with one attached hydrogen (secondary N) is 2. The molecule has 0 atom stereocenters. The maximum atomic E-state index is 13.3. The maximum Gasteiger partial charge on any atom is 0.225 e. The molecule has 0 fully saturated rings. The minimum absolute atomic E-state index is 0.0485. The van der Waals surface area contributed by atoms with Gasteiger partial charge in [-0.2, -0.15) is 4.98 Å². The molecule has 0 unspecified atom stereocenters. The summed E-state index contributed by atoms with van der Waals surface area (Å²) in [4.78, 5) is 8.94. The zero-order valence-corrected chi connectivity index (χ0v) is 14.1. The van der Waals surface area contributed by atoms with Crippen molar-refractivity contribution >= 4 is 29.1 Å². The van der Waals surface area contributed by atoms with Gasteiger partial charge in [0.15, 0.2) is 0 Å². The Labute approximate surface area is 150 Å². The monoisotopic (exact) mass is 354 g/mol. The summed E-state index contributed by atoms with van der Waals surface area (Å²) in [6, 6.07) is 16.0. The van der Waals surface area contributed by atoms with Crippen molar-refractivity contribution in [3.8, 4) is 11.3 Å². The zero-order valence-electron chi connectivity index (χ0n) is 13.3. The molecule has 1 heterocycles. The van der Waals surface area contributed by atoms with Crippen LogP contribution in [0.5, 0.6) is 0 Å². The average molecular weight is 355 g/mol. The molecule has 0 aliphatic heterocycles. The number of rotatable bonds is 6. The second-order valence-electron chi connectivity index (χ2n) is 5.25. The Morgan fingerprint density at radius 2 is 1.88 bits per heavy atom. The van der Waals surface area contributed by atoms with E-state index in [4.69, 9.17) is 11.6 Å². The van der Waals surface area contributed by atoms with E-state index < -0.39 is 5.82 Å². The second kappa shape index (κ2) is 7.77. The van der Waals surface area contributed by atoms with Crippen molar-refractivity contribution in [2.45, 2.75) is 0 Å². The predicted octanol–water partition coefficient (Wildman–Crippen LogP) is 5.28. The molecule has 0 saturated carbocycles. The zero-order chi connectivity index (χ0) is 17.6. The van der Waals surface area contributed by atoms with Crippen molar-refractivity contribution < 1.29 is 4.39 Å². The molecule has 6 heteroatoms. The highest BCUT2D eigenvalue weighted by Crippen LogP contribution is 2.25. The van der Waals surface area contributed by atoms with Crippen LogP contribution in [0.3, 0.4) is 0 Å². The number of anilines is 3. The van der Waals surface area contributed by atoms with Crippen LogP contribution < -0.4 is 10.6 Å². The van der Waals surface area contributed by atoms with Crippen LogP contribution >= 0.6 is 11.6 Å². The van der Waals surface area contributed by atoms with E-state index >= 15 is 0 Å². The van der Waals surface area contributed by atoms with Gasteiger partial charge < -0.3 is 10.6 Å². The lowest BCUT2D eigenvalue weighted by molar-refractivity contribution is 0.628. The van der Waals surface area contributed by atoms with E-state index in [1.54, 1.807) is 12.1 Å². The minimum atomic E-state index is -0.465. The topological polar surface area (TPSA) is 49.8 Å². The molecular weight excluding hydrogens is 339 g/mol. The van der Waals surface area contributed by atoms with Crippen LogP contribution in [0.1, 0.15) is 0 Å². The molecule has 0 amide bonds. The lowest BCUT2D eigenvalue weighted by Crippen LogP contribution is -2.06. The van der Waals surface area contributed by atoms with Crippen molar-refractivity contribution in [2.75, 3.05) is 17.2 Å². The fourth-order valence-corrected chi connectivity index (χ4v) is 2.41. The number of hydrogen-bond donors (Lipinski definition) is 2. The van der Waals surface area contributed by atoms with Crippen LogP contribution in [0.15, 0.2) is 67.3 Å². The van der Waals surface area contributed by atoms with Crippen LogP contribution in [0.4, 0.5) is 21.8 Å². The van der Waals surface area contributed by atoms with Gasteiger partial charge in [0.1, 0.15) is 11.6 Å². The van der Waals surface area contributed by atoms with Crippen LogP contribution in [0.25, 0.3) is 11.3 Å². The SMILES string of the molecule is C=CCNc1nc(Nc2ccc(F)c(Cl)c2)cc(-c2ccccc2)n1. The summed E-state index contributed by atoms with van der Waals surface area (Å²) in [7, 11) is 0. The molecule has 0 aliphatic carbocycles. The largest absolute Gasteiger partial charge is 0.351 e. The molecule has 2 N–H and O–H groups in total.